The van der Waals surface area contributed by atoms with Crippen LogP contribution in [0, 0.1) is 0 Å². The molecule has 1 aromatic rings. The van der Waals surface area contributed by atoms with Crippen molar-refractivity contribution in [2.75, 3.05) is 53.5 Å². The molecular weight excluding hydrogens is 419 g/mol. The van der Waals surface area contributed by atoms with E-state index in [1.54, 1.807) is 13.3 Å². The molecule has 1 rings (SSSR count). The largest absolute Gasteiger partial charge is 0.385 e. The first-order chi connectivity index (χ1) is 11.3. The van der Waals surface area contributed by atoms with Gasteiger partial charge < -0.3 is 20.3 Å². The van der Waals surface area contributed by atoms with E-state index in [1.807, 2.05) is 16.9 Å². The molecule has 0 radical (unpaired) electrons. The molecule has 0 spiro atoms. The normalized spacial score (nSPS) is 11.4. The van der Waals surface area contributed by atoms with Crippen molar-refractivity contribution in [3.05, 3.63) is 18.5 Å². The number of aromatic nitrogens is 2. The number of nitrogens with zero attached hydrogens (tertiary/aromatic N) is 4. The van der Waals surface area contributed by atoms with Gasteiger partial charge in [0.2, 0.25) is 0 Å². The summed E-state index contributed by atoms with van der Waals surface area (Å²) in [6.45, 7) is 8.38. The zero-order valence-corrected chi connectivity index (χ0v) is 17.5. The average molecular weight is 452 g/mol. The van der Waals surface area contributed by atoms with Gasteiger partial charge >= 0.3 is 0 Å². The molecule has 0 bridgehead atoms. The Kier molecular flexibility index (Phi) is 15.1. The lowest BCUT2D eigenvalue weighted by atomic mass is 10.4. The highest BCUT2D eigenvalue weighted by atomic mass is 127. The summed E-state index contributed by atoms with van der Waals surface area (Å²) >= 11 is 0. The van der Waals surface area contributed by atoms with Gasteiger partial charge in [0, 0.05) is 65.4 Å². The Labute approximate surface area is 163 Å². The maximum Gasteiger partial charge on any atom is 0.191 e. The number of hydrogen-bond acceptors (Lipinski definition) is 4. The van der Waals surface area contributed by atoms with Crippen LogP contribution in [0.1, 0.15) is 19.8 Å². The van der Waals surface area contributed by atoms with E-state index in [2.05, 4.69) is 39.6 Å². The fraction of sp³-hybridized carbons (Fsp3) is 0.750. The molecule has 0 atom stereocenters. The maximum atomic E-state index is 5.07. The molecule has 0 unspecified atom stereocenters. The molecule has 0 fully saturated rings. The predicted octanol–water partition coefficient (Wildman–Crippen LogP) is 1.41. The SMILES string of the molecule is CCNC(=NCCCn1cccn1)NCCN(C)CCCOC.I. The number of hydrogen-bond donors (Lipinski definition) is 2. The van der Waals surface area contributed by atoms with Crippen molar-refractivity contribution >= 4 is 29.9 Å². The molecule has 8 heteroatoms. The van der Waals surface area contributed by atoms with Gasteiger partial charge in [0.15, 0.2) is 5.96 Å². The minimum Gasteiger partial charge on any atom is -0.385 e. The van der Waals surface area contributed by atoms with Crippen molar-refractivity contribution in [1.29, 1.82) is 0 Å². The van der Waals surface area contributed by atoms with Gasteiger partial charge in [-0.05, 0) is 32.9 Å². The molecule has 1 aromatic heterocycles. The van der Waals surface area contributed by atoms with Crippen LogP contribution < -0.4 is 10.6 Å². The Balaban J connectivity index is 0.00000529. The highest BCUT2D eigenvalue weighted by Gasteiger charge is 2.00. The Morgan fingerprint density at radius 2 is 2.12 bits per heavy atom. The lowest BCUT2D eigenvalue weighted by Crippen LogP contribution is -2.41. The molecule has 0 aliphatic heterocycles. The van der Waals surface area contributed by atoms with Gasteiger partial charge in [-0.2, -0.15) is 5.10 Å². The number of halogens is 1. The monoisotopic (exact) mass is 452 g/mol. The van der Waals surface area contributed by atoms with E-state index >= 15 is 0 Å². The second-order valence-electron chi connectivity index (χ2n) is 5.46. The number of rotatable bonds is 12. The van der Waals surface area contributed by atoms with Crippen LogP contribution >= 0.6 is 24.0 Å². The summed E-state index contributed by atoms with van der Waals surface area (Å²) in [6, 6.07) is 1.94. The third kappa shape index (κ3) is 11.6. The zero-order chi connectivity index (χ0) is 16.8. The number of guanidine groups is 1. The molecule has 0 aliphatic rings. The van der Waals surface area contributed by atoms with Gasteiger partial charge in [-0.3, -0.25) is 9.67 Å². The Morgan fingerprint density at radius 3 is 2.79 bits per heavy atom. The average Bonchev–Trinajstić information content (AvgIpc) is 3.05. The molecule has 140 valence electrons. The van der Waals surface area contributed by atoms with Gasteiger partial charge in [-0.1, -0.05) is 0 Å². The summed E-state index contributed by atoms with van der Waals surface area (Å²) < 4.78 is 7.01. The van der Waals surface area contributed by atoms with Gasteiger partial charge in [0.1, 0.15) is 0 Å². The molecule has 24 heavy (non-hydrogen) atoms. The predicted molar refractivity (Wildman–Crippen MR) is 110 cm³/mol. The fourth-order valence-corrected chi connectivity index (χ4v) is 2.15. The van der Waals surface area contributed by atoms with Crippen molar-refractivity contribution in [2.24, 2.45) is 4.99 Å². The number of aliphatic imine (C=N–C) groups is 1. The molecule has 0 aliphatic carbocycles. The smallest absolute Gasteiger partial charge is 0.191 e. The van der Waals surface area contributed by atoms with Crippen molar-refractivity contribution in [3.63, 3.8) is 0 Å². The van der Waals surface area contributed by atoms with E-state index in [0.717, 1.165) is 64.7 Å². The molecule has 7 nitrogen and oxygen atoms in total. The first-order valence-electron chi connectivity index (χ1n) is 8.43. The van der Waals surface area contributed by atoms with E-state index < -0.39 is 0 Å². The zero-order valence-electron chi connectivity index (χ0n) is 15.2. The summed E-state index contributed by atoms with van der Waals surface area (Å²) in [5.74, 6) is 0.887. The first-order valence-corrected chi connectivity index (χ1v) is 8.43. The standard InChI is InChI=1S/C16H32N6O.HI/c1-4-17-16(18-8-5-12-22-13-6-9-20-22)19-10-14-21(2)11-7-15-23-3;/h6,9,13H,4-5,7-8,10-12,14-15H2,1-3H3,(H2,17,18,19);1H. The molecule has 2 N–H and O–H groups in total. The van der Waals surface area contributed by atoms with Gasteiger partial charge in [0.05, 0.1) is 0 Å². The van der Waals surface area contributed by atoms with Crippen molar-refractivity contribution in [2.45, 2.75) is 26.3 Å². The first kappa shape index (κ1) is 23.1. The molecule has 0 amide bonds. The van der Waals surface area contributed by atoms with E-state index in [-0.39, 0.29) is 24.0 Å². The van der Waals surface area contributed by atoms with Crippen molar-refractivity contribution < 1.29 is 4.74 Å². The lowest BCUT2D eigenvalue weighted by Gasteiger charge is -2.18. The summed E-state index contributed by atoms with van der Waals surface area (Å²) in [5, 5.41) is 10.9. The number of nitrogens with one attached hydrogen (secondary N) is 2. The number of ether oxygens (including phenoxy) is 1. The van der Waals surface area contributed by atoms with E-state index in [1.165, 1.54) is 0 Å². The van der Waals surface area contributed by atoms with Crippen LogP contribution in [-0.4, -0.2) is 74.1 Å². The summed E-state index contributed by atoms with van der Waals surface area (Å²) in [6.07, 6.45) is 5.83. The van der Waals surface area contributed by atoms with Crippen LogP contribution in [0.15, 0.2) is 23.5 Å². The molecule has 0 saturated heterocycles. The minimum absolute atomic E-state index is 0. The van der Waals surface area contributed by atoms with Crippen LogP contribution in [0.5, 0.6) is 0 Å². The molecule has 1 heterocycles. The minimum atomic E-state index is 0. The lowest BCUT2D eigenvalue weighted by molar-refractivity contribution is 0.180. The topological polar surface area (TPSA) is 66.7 Å². The Hall–Kier alpha value is -0.870. The van der Waals surface area contributed by atoms with Crippen molar-refractivity contribution in [1.82, 2.24) is 25.3 Å². The van der Waals surface area contributed by atoms with E-state index in [0.29, 0.717) is 0 Å². The third-order valence-corrected chi connectivity index (χ3v) is 3.39. The number of methoxy groups -OCH3 is 1. The van der Waals surface area contributed by atoms with E-state index in [4.69, 9.17) is 4.74 Å². The highest BCUT2D eigenvalue weighted by Crippen LogP contribution is 1.90. The Bertz CT molecular complexity index is 413. The van der Waals surface area contributed by atoms with Gasteiger partial charge in [0.25, 0.3) is 0 Å². The summed E-state index contributed by atoms with van der Waals surface area (Å²) in [4.78, 5) is 6.90. The van der Waals surface area contributed by atoms with Gasteiger partial charge in [-0.15, -0.1) is 24.0 Å². The van der Waals surface area contributed by atoms with Gasteiger partial charge in [-0.25, -0.2) is 0 Å². The molecule has 0 saturated carbocycles. The van der Waals surface area contributed by atoms with Crippen molar-refractivity contribution in [3.8, 4) is 0 Å². The molecular formula is C16H33IN6O. The second-order valence-corrected chi connectivity index (χ2v) is 5.46. The van der Waals surface area contributed by atoms with Crippen LogP contribution in [0.25, 0.3) is 0 Å². The van der Waals surface area contributed by atoms with Crippen LogP contribution in [0.3, 0.4) is 0 Å². The highest BCUT2D eigenvalue weighted by molar-refractivity contribution is 14.0. The second kappa shape index (κ2) is 15.6. The number of aryl methyl sites for hydroxylation is 1. The van der Waals surface area contributed by atoms with Crippen LogP contribution in [-0.2, 0) is 11.3 Å². The maximum absolute atomic E-state index is 5.07. The van der Waals surface area contributed by atoms with Crippen LogP contribution in [0.2, 0.25) is 0 Å². The summed E-state index contributed by atoms with van der Waals surface area (Å²) in [5.41, 5.74) is 0. The Morgan fingerprint density at radius 1 is 1.29 bits per heavy atom. The summed E-state index contributed by atoms with van der Waals surface area (Å²) in [7, 11) is 3.87. The molecule has 0 aromatic carbocycles. The third-order valence-electron chi connectivity index (χ3n) is 3.39. The quantitative estimate of drug-likeness (QED) is 0.217. The van der Waals surface area contributed by atoms with Crippen LogP contribution in [0.4, 0.5) is 0 Å². The number of likely N-dealkylation sites (N-methyl/N-ethyl adjacent to an activating group) is 1. The van der Waals surface area contributed by atoms with E-state index in [9.17, 15) is 0 Å². The fourth-order valence-electron chi connectivity index (χ4n) is 2.15.